The van der Waals surface area contributed by atoms with Crippen LogP contribution in [-0.4, -0.2) is 10.9 Å². The first kappa shape index (κ1) is 10.9. The van der Waals surface area contributed by atoms with Crippen LogP contribution < -0.4 is 0 Å². The highest BCUT2D eigenvalue weighted by Gasteiger charge is 2.05. The zero-order chi connectivity index (χ0) is 11.5. The van der Waals surface area contributed by atoms with Crippen molar-refractivity contribution in [2.75, 3.05) is 0 Å². The van der Waals surface area contributed by atoms with Gasteiger partial charge in [-0.25, -0.2) is 4.39 Å². The van der Waals surface area contributed by atoms with Gasteiger partial charge in [-0.1, -0.05) is 17.7 Å². The second-order valence-corrected chi connectivity index (χ2v) is 3.82. The molecule has 0 bridgehead atoms. The van der Waals surface area contributed by atoms with Crippen molar-refractivity contribution in [2.24, 2.45) is 0 Å². The van der Waals surface area contributed by atoms with Crippen molar-refractivity contribution >= 4 is 17.9 Å². The van der Waals surface area contributed by atoms with Crippen molar-refractivity contribution in [2.45, 2.75) is 6.54 Å². The van der Waals surface area contributed by atoms with Crippen LogP contribution in [0.3, 0.4) is 0 Å². The predicted octanol–water partition coefficient (Wildman–Crippen LogP) is 3.14. The van der Waals surface area contributed by atoms with Crippen molar-refractivity contribution in [3.63, 3.8) is 0 Å². The van der Waals surface area contributed by atoms with Crippen molar-refractivity contribution in [1.29, 1.82) is 0 Å². The lowest BCUT2D eigenvalue weighted by atomic mass is 10.2. The van der Waals surface area contributed by atoms with Gasteiger partial charge in [0.1, 0.15) is 5.82 Å². The number of benzene rings is 1. The number of hydrogen-bond donors (Lipinski definition) is 0. The molecule has 0 saturated heterocycles. The Bertz CT molecular complexity index is 521. The standard InChI is InChI=1S/C12H9ClFNO/c13-12-6-10(14)4-3-9(12)7-15-5-1-2-11(15)8-16/h1-6,8H,7H2. The van der Waals surface area contributed by atoms with Crippen molar-refractivity contribution in [1.82, 2.24) is 4.57 Å². The van der Waals surface area contributed by atoms with Gasteiger partial charge < -0.3 is 4.57 Å². The molecule has 1 heterocycles. The molecule has 0 spiro atoms. The van der Waals surface area contributed by atoms with Gasteiger partial charge >= 0.3 is 0 Å². The number of nitrogens with zero attached hydrogens (tertiary/aromatic N) is 1. The van der Waals surface area contributed by atoms with E-state index in [0.29, 0.717) is 17.3 Å². The molecule has 0 N–H and O–H groups in total. The maximum Gasteiger partial charge on any atom is 0.166 e. The molecule has 0 amide bonds. The highest BCUT2D eigenvalue weighted by Crippen LogP contribution is 2.18. The van der Waals surface area contributed by atoms with E-state index in [4.69, 9.17) is 11.6 Å². The molecule has 2 rings (SSSR count). The zero-order valence-electron chi connectivity index (χ0n) is 8.36. The van der Waals surface area contributed by atoms with Gasteiger partial charge in [-0.3, -0.25) is 4.79 Å². The molecule has 1 aromatic heterocycles. The topological polar surface area (TPSA) is 22.0 Å². The van der Waals surface area contributed by atoms with E-state index in [1.807, 2.05) is 0 Å². The lowest BCUT2D eigenvalue weighted by molar-refractivity contribution is 0.111. The van der Waals surface area contributed by atoms with E-state index in [1.165, 1.54) is 12.1 Å². The molecular formula is C12H9ClFNO. The first-order valence-electron chi connectivity index (χ1n) is 4.75. The van der Waals surface area contributed by atoms with E-state index in [9.17, 15) is 9.18 Å². The van der Waals surface area contributed by atoms with Gasteiger partial charge in [-0.2, -0.15) is 0 Å². The Labute approximate surface area is 97.3 Å². The minimum atomic E-state index is -0.364. The van der Waals surface area contributed by atoms with Crippen molar-refractivity contribution < 1.29 is 9.18 Å². The van der Waals surface area contributed by atoms with Crippen LogP contribution in [0.5, 0.6) is 0 Å². The minimum Gasteiger partial charge on any atom is -0.341 e. The summed E-state index contributed by atoms with van der Waals surface area (Å²) in [4.78, 5) is 10.7. The van der Waals surface area contributed by atoms with Crippen LogP contribution in [0.2, 0.25) is 5.02 Å². The Morgan fingerprint density at radius 3 is 2.88 bits per heavy atom. The summed E-state index contributed by atoms with van der Waals surface area (Å²) < 4.78 is 14.6. The SMILES string of the molecule is O=Cc1cccn1Cc1ccc(F)cc1Cl. The Hall–Kier alpha value is -1.61. The van der Waals surface area contributed by atoms with Gasteiger partial charge in [-0.15, -0.1) is 0 Å². The molecule has 2 nitrogen and oxygen atoms in total. The lowest BCUT2D eigenvalue weighted by Gasteiger charge is -2.07. The van der Waals surface area contributed by atoms with Crippen LogP contribution in [-0.2, 0) is 6.54 Å². The van der Waals surface area contributed by atoms with Crippen LogP contribution >= 0.6 is 11.6 Å². The number of aldehydes is 1. The van der Waals surface area contributed by atoms with E-state index in [1.54, 1.807) is 29.0 Å². The summed E-state index contributed by atoms with van der Waals surface area (Å²) in [5.74, 6) is -0.364. The normalized spacial score (nSPS) is 10.4. The van der Waals surface area contributed by atoms with E-state index in [-0.39, 0.29) is 5.82 Å². The Kier molecular flexibility index (Phi) is 3.06. The Morgan fingerprint density at radius 1 is 1.38 bits per heavy atom. The first-order chi connectivity index (χ1) is 7.70. The Morgan fingerprint density at radius 2 is 2.19 bits per heavy atom. The molecule has 0 saturated carbocycles. The molecular weight excluding hydrogens is 229 g/mol. The van der Waals surface area contributed by atoms with Crippen LogP contribution in [0.4, 0.5) is 4.39 Å². The molecule has 0 unspecified atom stereocenters. The van der Waals surface area contributed by atoms with Gasteiger partial charge in [0.25, 0.3) is 0 Å². The highest BCUT2D eigenvalue weighted by atomic mass is 35.5. The quantitative estimate of drug-likeness (QED) is 0.752. The molecule has 4 heteroatoms. The van der Waals surface area contributed by atoms with Crippen molar-refractivity contribution in [3.8, 4) is 0 Å². The van der Waals surface area contributed by atoms with E-state index in [2.05, 4.69) is 0 Å². The van der Waals surface area contributed by atoms with Crippen LogP contribution in [0.25, 0.3) is 0 Å². The predicted molar refractivity (Wildman–Crippen MR) is 60.3 cm³/mol. The van der Waals surface area contributed by atoms with Gasteiger partial charge in [0, 0.05) is 17.8 Å². The molecule has 0 aliphatic heterocycles. The third kappa shape index (κ3) is 2.14. The Balaban J connectivity index is 2.30. The third-order valence-corrected chi connectivity index (χ3v) is 2.69. The number of halogens is 2. The molecule has 2 aromatic rings. The number of rotatable bonds is 3. The summed E-state index contributed by atoms with van der Waals surface area (Å²) in [5, 5.41) is 0.366. The van der Waals surface area contributed by atoms with Gasteiger partial charge in [0.15, 0.2) is 6.29 Å². The smallest absolute Gasteiger partial charge is 0.166 e. The van der Waals surface area contributed by atoms with Crippen LogP contribution in [0, 0.1) is 5.82 Å². The molecule has 82 valence electrons. The average Bonchev–Trinajstić information content (AvgIpc) is 2.69. The van der Waals surface area contributed by atoms with Crippen LogP contribution in [0.1, 0.15) is 16.1 Å². The summed E-state index contributed by atoms with van der Waals surface area (Å²) in [7, 11) is 0. The molecule has 0 radical (unpaired) electrons. The second kappa shape index (κ2) is 4.49. The molecule has 0 fully saturated rings. The summed E-state index contributed by atoms with van der Waals surface area (Å²) in [6.07, 6.45) is 2.56. The van der Waals surface area contributed by atoms with E-state index >= 15 is 0 Å². The summed E-state index contributed by atoms with van der Waals surface area (Å²) >= 11 is 5.90. The fourth-order valence-electron chi connectivity index (χ4n) is 1.51. The maximum atomic E-state index is 12.8. The number of aromatic nitrogens is 1. The molecule has 16 heavy (non-hydrogen) atoms. The van der Waals surface area contributed by atoms with Gasteiger partial charge in [0.2, 0.25) is 0 Å². The minimum absolute atomic E-state index is 0.364. The zero-order valence-corrected chi connectivity index (χ0v) is 9.12. The first-order valence-corrected chi connectivity index (χ1v) is 5.13. The van der Waals surface area contributed by atoms with Crippen LogP contribution in [0.15, 0.2) is 36.5 Å². The van der Waals surface area contributed by atoms with Crippen molar-refractivity contribution in [3.05, 3.63) is 58.6 Å². The molecule has 1 aromatic carbocycles. The van der Waals surface area contributed by atoms with Gasteiger partial charge in [0.05, 0.1) is 5.69 Å². The highest BCUT2D eigenvalue weighted by molar-refractivity contribution is 6.31. The molecule has 0 atom stereocenters. The molecule has 0 aliphatic carbocycles. The summed E-state index contributed by atoms with van der Waals surface area (Å²) in [6, 6.07) is 7.73. The summed E-state index contributed by atoms with van der Waals surface area (Å²) in [5.41, 5.74) is 1.35. The second-order valence-electron chi connectivity index (χ2n) is 3.41. The van der Waals surface area contributed by atoms with Gasteiger partial charge in [-0.05, 0) is 29.8 Å². The number of hydrogen-bond acceptors (Lipinski definition) is 1. The number of carbonyl (C=O) groups is 1. The fraction of sp³-hybridized carbons (Fsp3) is 0.0833. The monoisotopic (exact) mass is 237 g/mol. The third-order valence-electron chi connectivity index (χ3n) is 2.34. The fourth-order valence-corrected chi connectivity index (χ4v) is 1.74. The van der Waals surface area contributed by atoms with E-state index in [0.717, 1.165) is 11.8 Å². The van der Waals surface area contributed by atoms with E-state index < -0.39 is 0 Å². The average molecular weight is 238 g/mol. The summed E-state index contributed by atoms with van der Waals surface area (Å²) in [6.45, 7) is 0.459. The molecule has 0 aliphatic rings. The lowest BCUT2D eigenvalue weighted by Crippen LogP contribution is -2.02. The number of carbonyl (C=O) groups excluding carboxylic acids is 1. The maximum absolute atomic E-state index is 12.8. The largest absolute Gasteiger partial charge is 0.341 e.